The Morgan fingerprint density at radius 2 is 1.95 bits per heavy atom. The molecule has 20 heavy (non-hydrogen) atoms. The summed E-state index contributed by atoms with van der Waals surface area (Å²) in [5.41, 5.74) is 1.52. The minimum absolute atomic E-state index is 0.0739. The maximum atomic E-state index is 10.9. The first-order chi connectivity index (χ1) is 9.40. The summed E-state index contributed by atoms with van der Waals surface area (Å²) in [7, 11) is 0. The largest absolute Gasteiger partial charge is 0.465 e. The van der Waals surface area contributed by atoms with Crippen LogP contribution >= 0.6 is 15.9 Å². The number of hydrogen-bond acceptors (Lipinski definition) is 4. The fourth-order valence-electron chi connectivity index (χ4n) is 2.23. The first kappa shape index (κ1) is 14.6. The van der Waals surface area contributed by atoms with E-state index in [0.29, 0.717) is 36.2 Å². The molecule has 8 heteroatoms. The number of carboxylic acid groups (broad SMARTS) is 1. The molecule has 0 saturated carbocycles. The van der Waals surface area contributed by atoms with Crippen LogP contribution in [0.25, 0.3) is 0 Å². The van der Waals surface area contributed by atoms with Crippen molar-refractivity contribution in [2.45, 2.75) is 6.92 Å². The van der Waals surface area contributed by atoms with E-state index in [2.05, 4.69) is 15.9 Å². The van der Waals surface area contributed by atoms with Gasteiger partial charge in [0.1, 0.15) is 0 Å². The van der Waals surface area contributed by atoms with Crippen molar-refractivity contribution in [1.29, 1.82) is 0 Å². The van der Waals surface area contributed by atoms with Crippen LogP contribution in [0.2, 0.25) is 0 Å². The normalized spacial score (nSPS) is 15.3. The van der Waals surface area contributed by atoms with Gasteiger partial charge in [-0.1, -0.05) is 0 Å². The molecule has 0 bridgehead atoms. The van der Waals surface area contributed by atoms with Crippen LogP contribution in [0.1, 0.15) is 5.56 Å². The highest BCUT2D eigenvalue weighted by Gasteiger charge is 2.23. The van der Waals surface area contributed by atoms with Crippen molar-refractivity contribution >= 4 is 33.4 Å². The molecule has 0 spiro atoms. The maximum absolute atomic E-state index is 10.9. The lowest BCUT2D eigenvalue weighted by molar-refractivity contribution is -0.385. The average Bonchev–Trinajstić information content (AvgIpc) is 2.40. The molecule has 0 atom stereocenters. The van der Waals surface area contributed by atoms with Gasteiger partial charge in [0, 0.05) is 42.3 Å². The number of rotatable bonds is 2. The number of aryl methyl sites for hydroxylation is 1. The second-order valence-corrected chi connectivity index (χ2v) is 5.46. The molecule has 1 aliphatic rings. The second kappa shape index (κ2) is 5.66. The first-order valence-electron chi connectivity index (χ1n) is 6.07. The Morgan fingerprint density at radius 3 is 2.45 bits per heavy atom. The quantitative estimate of drug-likeness (QED) is 0.658. The summed E-state index contributed by atoms with van der Waals surface area (Å²) in [5.74, 6) is 0. The van der Waals surface area contributed by atoms with Crippen molar-refractivity contribution in [1.82, 2.24) is 4.90 Å². The third kappa shape index (κ3) is 2.84. The fraction of sp³-hybridized carbons (Fsp3) is 0.417. The van der Waals surface area contributed by atoms with Gasteiger partial charge in [-0.25, -0.2) is 4.79 Å². The number of nitro groups is 1. The molecule has 1 amide bonds. The summed E-state index contributed by atoms with van der Waals surface area (Å²) in [4.78, 5) is 24.7. The average molecular weight is 344 g/mol. The minimum Gasteiger partial charge on any atom is -0.465 e. The summed E-state index contributed by atoms with van der Waals surface area (Å²) in [6.45, 7) is 3.70. The van der Waals surface area contributed by atoms with Crippen LogP contribution in [0.5, 0.6) is 0 Å². The Balaban J connectivity index is 2.20. The van der Waals surface area contributed by atoms with E-state index in [1.807, 2.05) is 4.90 Å². The number of anilines is 1. The van der Waals surface area contributed by atoms with Gasteiger partial charge in [0.15, 0.2) is 0 Å². The first-order valence-corrected chi connectivity index (χ1v) is 6.87. The number of piperazine rings is 1. The van der Waals surface area contributed by atoms with Crippen LogP contribution in [-0.4, -0.2) is 47.2 Å². The molecule has 1 saturated heterocycles. The molecular formula is C12H14BrN3O4. The van der Waals surface area contributed by atoms with Gasteiger partial charge in [0.25, 0.3) is 5.69 Å². The van der Waals surface area contributed by atoms with Crippen LogP contribution in [0, 0.1) is 17.0 Å². The summed E-state index contributed by atoms with van der Waals surface area (Å²) in [6.07, 6.45) is -0.913. The predicted octanol–water partition coefficient (Wildman–Crippen LogP) is 2.47. The lowest BCUT2D eigenvalue weighted by atomic mass is 10.1. The zero-order valence-electron chi connectivity index (χ0n) is 10.9. The van der Waals surface area contributed by atoms with Gasteiger partial charge in [0.2, 0.25) is 0 Å². The Kier molecular flexibility index (Phi) is 4.12. The lowest BCUT2D eigenvalue weighted by Crippen LogP contribution is -2.48. The van der Waals surface area contributed by atoms with Gasteiger partial charge in [-0.05, 0) is 28.9 Å². The van der Waals surface area contributed by atoms with E-state index >= 15 is 0 Å². The van der Waals surface area contributed by atoms with Crippen molar-refractivity contribution in [3.05, 3.63) is 32.3 Å². The number of carbonyl (C=O) groups is 1. The van der Waals surface area contributed by atoms with E-state index < -0.39 is 11.0 Å². The summed E-state index contributed by atoms with van der Waals surface area (Å²) >= 11 is 3.35. The standard InChI is InChI=1S/C12H14BrN3O4/c1-8-6-11(9(13)7-10(8)16(19)20)14-2-4-15(5-3-14)12(17)18/h6-7H,2-5H2,1H3,(H,17,18). The van der Waals surface area contributed by atoms with E-state index in [4.69, 9.17) is 5.11 Å². The number of hydrogen-bond donors (Lipinski definition) is 1. The van der Waals surface area contributed by atoms with Gasteiger partial charge < -0.3 is 14.9 Å². The van der Waals surface area contributed by atoms with E-state index in [1.54, 1.807) is 13.0 Å². The minimum atomic E-state index is -0.913. The van der Waals surface area contributed by atoms with Crippen LogP contribution in [0.4, 0.5) is 16.2 Å². The van der Waals surface area contributed by atoms with Crippen molar-refractivity contribution in [3.63, 3.8) is 0 Å². The van der Waals surface area contributed by atoms with E-state index in [1.165, 1.54) is 11.0 Å². The number of amides is 1. The van der Waals surface area contributed by atoms with Crippen molar-refractivity contribution in [2.75, 3.05) is 31.1 Å². The van der Waals surface area contributed by atoms with Gasteiger partial charge >= 0.3 is 6.09 Å². The number of benzene rings is 1. The molecule has 1 N–H and O–H groups in total. The molecule has 0 unspecified atom stereocenters. The van der Waals surface area contributed by atoms with Gasteiger partial charge in [-0.3, -0.25) is 10.1 Å². The number of nitro benzene ring substituents is 1. The van der Waals surface area contributed by atoms with Crippen LogP contribution < -0.4 is 4.90 Å². The van der Waals surface area contributed by atoms with E-state index in [-0.39, 0.29) is 5.69 Å². The molecule has 2 rings (SSSR count). The smallest absolute Gasteiger partial charge is 0.407 e. The van der Waals surface area contributed by atoms with Crippen LogP contribution in [0.3, 0.4) is 0 Å². The zero-order valence-corrected chi connectivity index (χ0v) is 12.5. The maximum Gasteiger partial charge on any atom is 0.407 e. The zero-order chi connectivity index (χ0) is 14.9. The highest BCUT2D eigenvalue weighted by atomic mass is 79.9. The van der Waals surface area contributed by atoms with E-state index in [9.17, 15) is 14.9 Å². The Hall–Kier alpha value is -1.83. The molecule has 108 valence electrons. The molecule has 0 aromatic heterocycles. The third-order valence-electron chi connectivity index (χ3n) is 3.35. The SMILES string of the molecule is Cc1cc(N2CCN(C(=O)O)CC2)c(Br)cc1[N+](=O)[O-]. The number of nitrogens with zero attached hydrogens (tertiary/aromatic N) is 3. The molecule has 1 fully saturated rings. The fourth-order valence-corrected chi connectivity index (χ4v) is 2.82. The summed E-state index contributed by atoms with van der Waals surface area (Å²) < 4.78 is 0.651. The Morgan fingerprint density at radius 1 is 1.35 bits per heavy atom. The molecule has 0 radical (unpaired) electrons. The second-order valence-electron chi connectivity index (χ2n) is 4.60. The van der Waals surface area contributed by atoms with Gasteiger partial charge in [-0.15, -0.1) is 0 Å². The van der Waals surface area contributed by atoms with Crippen molar-refractivity contribution in [3.8, 4) is 0 Å². The summed E-state index contributed by atoms with van der Waals surface area (Å²) in [6, 6.07) is 3.26. The number of halogens is 1. The van der Waals surface area contributed by atoms with Crippen LogP contribution in [0.15, 0.2) is 16.6 Å². The topological polar surface area (TPSA) is 86.9 Å². The van der Waals surface area contributed by atoms with Crippen LogP contribution in [-0.2, 0) is 0 Å². The molecule has 0 aliphatic carbocycles. The van der Waals surface area contributed by atoms with Gasteiger partial charge in [-0.2, -0.15) is 0 Å². The third-order valence-corrected chi connectivity index (χ3v) is 3.99. The monoisotopic (exact) mass is 343 g/mol. The molecular weight excluding hydrogens is 330 g/mol. The lowest BCUT2D eigenvalue weighted by Gasteiger charge is -2.35. The molecule has 1 aromatic rings. The highest BCUT2D eigenvalue weighted by molar-refractivity contribution is 9.10. The van der Waals surface area contributed by atoms with Crippen molar-refractivity contribution in [2.24, 2.45) is 0 Å². The predicted molar refractivity (Wildman–Crippen MR) is 77.3 cm³/mol. The Bertz CT molecular complexity index is 556. The molecule has 1 aromatic carbocycles. The molecule has 1 heterocycles. The van der Waals surface area contributed by atoms with E-state index in [0.717, 1.165) is 5.69 Å². The van der Waals surface area contributed by atoms with Gasteiger partial charge in [0.05, 0.1) is 10.6 Å². The molecule has 7 nitrogen and oxygen atoms in total. The summed E-state index contributed by atoms with van der Waals surface area (Å²) in [5, 5.41) is 19.8. The van der Waals surface area contributed by atoms with Crippen molar-refractivity contribution < 1.29 is 14.8 Å². The highest BCUT2D eigenvalue weighted by Crippen LogP contribution is 2.33. The molecule has 1 aliphatic heterocycles. The Labute approximate surface area is 124 Å².